The number of aromatic nitrogens is 3. The second kappa shape index (κ2) is 7.65. The lowest BCUT2D eigenvalue weighted by atomic mass is 9.77. The zero-order valence-electron chi connectivity index (χ0n) is 17.6. The highest BCUT2D eigenvalue weighted by atomic mass is 19.4. The molecule has 7 nitrogen and oxygen atoms in total. The van der Waals surface area contributed by atoms with Crippen LogP contribution in [0.3, 0.4) is 0 Å². The van der Waals surface area contributed by atoms with Crippen LogP contribution in [0.2, 0.25) is 0 Å². The van der Waals surface area contributed by atoms with Crippen molar-refractivity contribution in [1.29, 1.82) is 0 Å². The first kappa shape index (κ1) is 22.9. The van der Waals surface area contributed by atoms with Crippen molar-refractivity contribution in [2.24, 2.45) is 11.7 Å². The van der Waals surface area contributed by atoms with Gasteiger partial charge in [0.2, 0.25) is 5.82 Å². The van der Waals surface area contributed by atoms with Crippen LogP contribution < -0.4 is 10.5 Å². The summed E-state index contributed by atoms with van der Waals surface area (Å²) in [5, 5.41) is 0. The van der Waals surface area contributed by atoms with Crippen LogP contribution in [0.5, 0.6) is 5.75 Å². The minimum atomic E-state index is -4.78. The molecule has 0 aliphatic carbocycles. The fraction of sp³-hybridized carbons (Fsp3) is 0.381. The molecule has 0 saturated carbocycles. The second-order valence-corrected chi connectivity index (χ2v) is 8.01. The van der Waals surface area contributed by atoms with Crippen LogP contribution in [0, 0.1) is 17.6 Å². The minimum Gasteiger partial charge on any atom is -0.493 e. The van der Waals surface area contributed by atoms with E-state index in [1.165, 1.54) is 25.3 Å². The Balaban J connectivity index is 1.91. The predicted molar refractivity (Wildman–Crippen MR) is 106 cm³/mol. The molecule has 4 rings (SSSR count). The molecule has 1 fully saturated rings. The van der Waals surface area contributed by atoms with Crippen molar-refractivity contribution in [3.63, 3.8) is 0 Å². The summed E-state index contributed by atoms with van der Waals surface area (Å²) < 4.78 is 81.0. The van der Waals surface area contributed by atoms with E-state index >= 15 is 0 Å². The van der Waals surface area contributed by atoms with Crippen molar-refractivity contribution < 1.29 is 36.2 Å². The predicted octanol–water partition coefficient (Wildman–Crippen LogP) is 4.16. The molecule has 1 aliphatic heterocycles. The molecule has 2 unspecified atom stereocenters. The van der Waals surface area contributed by atoms with Gasteiger partial charge in [0.15, 0.2) is 17.2 Å². The Morgan fingerprint density at radius 3 is 2.61 bits per heavy atom. The van der Waals surface area contributed by atoms with Gasteiger partial charge < -0.3 is 20.2 Å². The van der Waals surface area contributed by atoms with Crippen LogP contribution in [0.15, 0.2) is 24.4 Å². The maximum atomic E-state index is 14.4. The van der Waals surface area contributed by atoms with Crippen LogP contribution in [-0.2, 0) is 4.74 Å². The van der Waals surface area contributed by atoms with E-state index in [0.29, 0.717) is 5.52 Å². The number of hydrogen-bond donors (Lipinski definition) is 2. The lowest BCUT2D eigenvalue weighted by Gasteiger charge is -2.32. The number of benzene rings is 1. The highest BCUT2D eigenvalue weighted by Gasteiger charge is 2.65. The van der Waals surface area contributed by atoms with Crippen molar-refractivity contribution in [2.75, 3.05) is 7.11 Å². The first-order chi connectivity index (χ1) is 15.4. The molecule has 3 heterocycles. The lowest BCUT2D eigenvalue weighted by molar-refractivity contribution is -0.275. The van der Waals surface area contributed by atoms with Crippen LogP contribution >= 0.6 is 0 Å². The van der Waals surface area contributed by atoms with Crippen LogP contribution in [0.25, 0.3) is 11.0 Å². The Labute approximate surface area is 184 Å². The van der Waals surface area contributed by atoms with E-state index in [-0.39, 0.29) is 22.6 Å². The maximum absolute atomic E-state index is 14.4. The highest BCUT2D eigenvalue weighted by molar-refractivity contribution is 5.93. The van der Waals surface area contributed by atoms with E-state index in [2.05, 4.69) is 15.0 Å². The smallest absolute Gasteiger partial charge is 0.417 e. The van der Waals surface area contributed by atoms with Crippen molar-refractivity contribution in [2.45, 2.75) is 37.6 Å². The van der Waals surface area contributed by atoms with E-state index < -0.39 is 53.0 Å². The number of alkyl halides is 3. The number of halogens is 5. The Morgan fingerprint density at radius 1 is 1.30 bits per heavy atom. The molecule has 4 atom stereocenters. The van der Waals surface area contributed by atoms with E-state index in [1.807, 2.05) is 0 Å². The van der Waals surface area contributed by atoms with E-state index in [9.17, 15) is 26.7 Å². The normalized spacial score (nSPS) is 25.5. The van der Waals surface area contributed by atoms with Crippen LogP contribution in [0.4, 0.5) is 22.0 Å². The van der Waals surface area contributed by atoms with Gasteiger partial charge in [-0.15, -0.1) is 0 Å². The molecule has 33 heavy (non-hydrogen) atoms. The Hall–Kier alpha value is -3.28. The molecule has 1 aromatic carbocycles. The number of carbonyl (C=O) groups is 1. The minimum absolute atomic E-state index is 0.00159. The summed E-state index contributed by atoms with van der Waals surface area (Å²) in [7, 11) is 1.10. The SMILES string of the molecule is COc1c(C2C(C)[C@](C)(C(F)(F)F)O[C@H]2c2nc3cc(C(N)=O)ncc3[nH]2)ccc(F)c1F. The second-order valence-electron chi connectivity index (χ2n) is 8.01. The van der Waals surface area contributed by atoms with Gasteiger partial charge in [-0.2, -0.15) is 17.6 Å². The Kier molecular flexibility index (Phi) is 5.31. The number of imidazole rings is 1. The van der Waals surface area contributed by atoms with Gasteiger partial charge >= 0.3 is 6.18 Å². The number of methoxy groups -OCH3 is 1. The van der Waals surface area contributed by atoms with E-state index in [1.54, 1.807) is 0 Å². The van der Waals surface area contributed by atoms with Gasteiger partial charge in [0.25, 0.3) is 5.91 Å². The number of carbonyl (C=O) groups excluding carboxylic acids is 1. The number of ether oxygens (including phenoxy) is 2. The molecular weight excluding hydrogens is 451 g/mol. The molecule has 3 aromatic rings. The Morgan fingerprint density at radius 2 is 2.00 bits per heavy atom. The molecule has 176 valence electrons. The number of H-pyrrole nitrogens is 1. The first-order valence-electron chi connectivity index (χ1n) is 9.81. The number of nitrogens with zero attached hydrogens (tertiary/aromatic N) is 2. The average molecular weight is 470 g/mol. The summed E-state index contributed by atoms with van der Waals surface area (Å²) >= 11 is 0. The first-order valence-corrected chi connectivity index (χ1v) is 9.81. The summed E-state index contributed by atoms with van der Waals surface area (Å²) in [6, 6.07) is 3.28. The highest BCUT2D eigenvalue weighted by Crippen LogP contribution is 2.59. The molecule has 3 N–H and O–H groups in total. The number of nitrogens with two attached hydrogens (primary N) is 1. The third-order valence-corrected chi connectivity index (χ3v) is 6.22. The standard InChI is InChI=1S/C21H19F5N4O3/c1-8-14(9-4-5-10(22)15(23)16(9)32-3)17(33-20(8,2)21(24,25)26)19-29-11-6-12(18(27)31)28-7-13(11)30-19/h4-8,14,17H,1-3H3,(H2,27,31)(H,29,30)/t8?,14?,17-,20-/m1/s1. The summed E-state index contributed by atoms with van der Waals surface area (Å²) in [6.07, 6.45) is -4.85. The largest absolute Gasteiger partial charge is 0.493 e. The zero-order chi connectivity index (χ0) is 24.3. The van der Waals surface area contributed by atoms with Crippen molar-refractivity contribution >= 4 is 16.9 Å². The summed E-state index contributed by atoms with van der Waals surface area (Å²) in [5.41, 5.74) is 3.05. The summed E-state index contributed by atoms with van der Waals surface area (Å²) in [6.45, 7) is 2.21. The van der Waals surface area contributed by atoms with Crippen molar-refractivity contribution in [3.8, 4) is 5.75 Å². The number of fused-ring (bicyclic) bond motifs is 1. The number of primary amides is 1. The monoisotopic (exact) mass is 470 g/mol. The fourth-order valence-electron chi connectivity index (χ4n) is 4.25. The third kappa shape index (κ3) is 3.48. The van der Waals surface area contributed by atoms with Gasteiger partial charge in [-0.05, 0) is 19.1 Å². The van der Waals surface area contributed by atoms with Gasteiger partial charge in [-0.3, -0.25) is 4.79 Å². The van der Waals surface area contributed by atoms with Gasteiger partial charge in [0.1, 0.15) is 17.6 Å². The molecule has 0 spiro atoms. The quantitative estimate of drug-likeness (QED) is 0.558. The summed E-state index contributed by atoms with van der Waals surface area (Å²) in [4.78, 5) is 22.4. The van der Waals surface area contributed by atoms with E-state index in [4.69, 9.17) is 15.2 Å². The van der Waals surface area contributed by atoms with Crippen LogP contribution in [0.1, 0.15) is 47.7 Å². The lowest BCUT2D eigenvalue weighted by Crippen LogP contribution is -2.46. The number of nitrogens with one attached hydrogen (secondary N) is 1. The molecule has 0 radical (unpaired) electrons. The van der Waals surface area contributed by atoms with Gasteiger partial charge in [0, 0.05) is 17.4 Å². The van der Waals surface area contributed by atoms with Crippen molar-refractivity contribution in [3.05, 3.63) is 53.1 Å². The number of hydrogen-bond acceptors (Lipinski definition) is 5. The summed E-state index contributed by atoms with van der Waals surface area (Å²) in [5.74, 6) is -6.21. The Bertz CT molecular complexity index is 1240. The molecule has 1 aliphatic rings. The van der Waals surface area contributed by atoms with Crippen molar-refractivity contribution in [1.82, 2.24) is 15.0 Å². The van der Waals surface area contributed by atoms with Gasteiger partial charge in [0.05, 0.1) is 24.3 Å². The zero-order valence-corrected chi connectivity index (χ0v) is 17.6. The molecule has 12 heteroatoms. The molecule has 1 amide bonds. The average Bonchev–Trinajstić information content (AvgIpc) is 3.28. The molecule has 2 aromatic heterocycles. The van der Waals surface area contributed by atoms with Gasteiger partial charge in [-0.25, -0.2) is 14.4 Å². The number of amides is 1. The molecule has 1 saturated heterocycles. The van der Waals surface area contributed by atoms with E-state index in [0.717, 1.165) is 20.1 Å². The third-order valence-electron chi connectivity index (χ3n) is 6.22. The van der Waals surface area contributed by atoms with Crippen LogP contribution in [-0.4, -0.2) is 39.7 Å². The molecular formula is C21H19F5N4O3. The number of pyridine rings is 1. The number of aromatic amines is 1. The topological polar surface area (TPSA) is 103 Å². The fourth-order valence-corrected chi connectivity index (χ4v) is 4.25. The van der Waals surface area contributed by atoms with Gasteiger partial charge in [-0.1, -0.05) is 13.0 Å². The maximum Gasteiger partial charge on any atom is 0.417 e. The number of rotatable bonds is 4. The molecule has 0 bridgehead atoms.